The van der Waals surface area contributed by atoms with Crippen molar-refractivity contribution in [3.8, 4) is 0 Å². The van der Waals surface area contributed by atoms with Crippen molar-refractivity contribution in [2.75, 3.05) is 13.7 Å². The summed E-state index contributed by atoms with van der Waals surface area (Å²) in [6.07, 6.45) is 0.00274. The average Bonchev–Trinajstić information content (AvgIpc) is 2.17. The molecule has 1 fully saturated rings. The van der Waals surface area contributed by atoms with E-state index < -0.39 is 12.2 Å². The molecule has 1 N–H and O–H groups in total. The molecule has 0 amide bonds. The monoisotopic (exact) mass is 187 g/mol. The molecule has 74 valence electrons. The van der Waals surface area contributed by atoms with Gasteiger partial charge in [-0.05, 0) is 12.0 Å². The second-order valence-electron chi connectivity index (χ2n) is 2.90. The van der Waals surface area contributed by atoms with Crippen LogP contribution in [0.1, 0.15) is 12.8 Å². The van der Waals surface area contributed by atoms with Crippen LogP contribution in [-0.2, 0) is 9.47 Å². The topological polar surface area (TPSA) is 87.5 Å². The first kappa shape index (κ1) is 10.3. The van der Waals surface area contributed by atoms with Gasteiger partial charge >= 0.3 is 0 Å². The molecule has 13 heavy (non-hydrogen) atoms. The standard InChI is InChI=1S/C7H13N3O3/c1-12-7-3-2-5(11)6(13-7)4-9-10-8/h5-7,11H,2-4H2,1H3/t5-,6+,7+/m0/s1. The number of aliphatic hydroxyl groups excluding tert-OH is 1. The van der Waals surface area contributed by atoms with Gasteiger partial charge in [0.25, 0.3) is 0 Å². The fraction of sp³-hybridized carbons (Fsp3) is 1.00. The van der Waals surface area contributed by atoms with E-state index in [9.17, 15) is 5.11 Å². The van der Waals surface area contributed by atoms with Gasteiger partial charge in [0.15, 0.2) is 6.29 Å². The van der Waals surface area contributed by atoms with Crippen molar-refractivity contribution < 1.29 is 14.6 Å². The Balaban J connectivity index is 2.44. The normalized spacial score (nSPS) is 33.8. The number of ether oxygens (including phenoxy) is 2. The minimum Gasteiger partial charge on any atom is -0.390 e. The van der Waals surface area contributed by atoms with E-state index in [0.29, 0.717) is 12.8 Å². The highest BCUT2D eigenvalue weighted by Gasteiger charge is 2.28. The minimum absolute atomic E-state index is 0.150. The molecule has 0 aromatic heterocycles. The summed E-state index contributed by atoms with van der Waals surface area (Å²) >= 11 is 0. The van der Waals surface area contributed by atoms with Gasteiger partial charge in [0.05, 0.1) is 18.8 Å². The highest BCUT2D eigenvalue weighted by molar-refractivity contribution is 4.77. The third-order valence-corrected chi connectivity index (χ3v) is 2.04. The fourth-order valence-corrected chi connectivity index (χ4v) is 1.30. The van der Waals surface area contributed by atoms with Gasteiger partial charge in [0.2, 0.25) is 0 Å². The summed E-state index contributed by atoms with van der Waals surface area (Å²) in [4.78, 5) is 2.61. The van der Waals surface area contributed by atoms with E-state index in [1.807, 2.05) is 0 Å². The molecule has 1 aliphatic heterocycles. The van der Waals surface area contributed by atoms with E-state index in [4.69, 9.17) is 15.0 Å². The molecule has 0 saturated carbocycles. The summed E-state index contributed by atoms with van der Waals surface area (Å²) in [5, 5.41) is 12.8. The summed E-state index contributed by atoms with van der Waals surface area (Å²) in [5.74, 6) is 0. The van der Waals surface area contributed by atoms with Crippen molar-refractivity contribution in [1.82, 2.24) is 0 Å². The van der Waals surface area contributed by atoms with Crippen LogP contribution in [0.2, 0.25) is 0 Å². The number of hydrogen-bond donors (Lipinski definition) is 1. The van der Waals surface area contributed by atoms with Crippen molar-refractivity contribution in [2.45, 2.75) is 31.3 Å². The number of rotatable bonds is 3. The molecular formula is C7H13N3O3. The molecule has 1 saturated heterocycles. The second kappa shape index (κ2) is 5.04. The molecule has 3 atom stereocenters. The molecule has 6 nitrogen and oxygen atoms in total. The quantitative estimate of drug-likeness (QED) is 0.403. The van der Waals surface area contributed by atoms with E-state index >= 15 is 0 Å². The van der Waals surface area contributed by atoms with Gasteiger partial charge < -0.3 is 14.6 Å². The van der Waals surface area contributed by atoms with Crippen LogP contribution in [0.4, 0.5) is 0 Å². The fourth-order valence-electron chi connectivity index (χ4n) is 1.30. The zero-order valence-electron chi connectivity index (χ0n) is 7.46. The predicted octanol–water partition coefficient (Wildman–Crippen LogP) is 0.809. The van der Waals surface area contributed by atoms with Gasteiger partial charge in [0.1, 0.15) is 0 Å². The maximum Gasteiger partial charge on any atom is 0.157 e. The number of azide groups is 1. The van der Waals surface area contributed by atoms with Crippen molar-refractivity contribution >= 4 is 0 Å². The van der Waals surface area contributed by atoms with Crippen LogP contribution in [0.25, 0.3) is 10.4 Å². The SMILES string of the molecule is CO[C@H]1CC[C@H](O)[C@@H](CN=[N+]=[N-])O1. The van der Waals surface area contributed by atoms with Crippen LogP contribution in [0.15, 0.2) is 5.11 Å². The maximum atomic E-state index is 9.45. The summed E-state index contributed by atoms with van der Waals surface area (Å²) in [7, 11) is 1.55. The van der Waals surface area contributed by atoms with E-state index in [1.54, 1.807) is 7.11 Å². The first-order chi connectivity index (χ1) is 6.27. The lowest BCUT2D eigenvalue weighted by molar-refractivity contribution is -0.208. The van der Waals surface area contributed by atoms with Gasteiger partial charge in [-0.2, -0.15) is 0 Å². The van der Waals surface area contributed by atoms with Crippen LogP contribution < -0.4 is 0 Å². The molecule has 0 aromatic rings. The molecule has 0 bridgehead atoms. The Bertz CT molecular complexity index is 205. The van der Waals surface area contributed by atoms with Gasteiger partial charge in [-0.3, -0.25) is 0 Å². The zero-order valence-corrected chi connectivity index (χ0v) is 7.46. The van der Waals surface area contributed by atoms with Crippen molar-refractivity contribution in [3.05, 3.63) is 10.4 Å². The van der Waals surface area contributed by atoms with E-state index in [1.165, 1.54) is 0 Å². The second-order valence-corrected chi connectivity index (χ2v) is 2.90. The molecule has 0 aliphatic carbocycles. The summed E-state index contributed by atoms with van der Waals surface area (Å²) in [6, 6.07) is 0. The lowest BCUT2D eigenvalue weighted by Gasteiger charge is -2.32. The number of methoxy groups -OCH3 is 1. The van der Waals surface area contributed by atoms with Gasteiger partial charge in [-0.25, -0.2) is 0 Å². The van der Waals surface area contributed by atoms with E-state index in [2.05, 4.69) is 10.0 Å². The maximum absolute atomic E-state index is 9.45. The van der Waals surface area contributed by atoms with Crippen LogP contribution in [0.5, 0.6) is 0 Å². The first-order valence-electron chi connectivity index (χ1n) is 4.15. The Kier molecular flexibility index (Phi) is 3.98. The largest absolute Gasteiger partial charge is 0.390 e. The number of nitrogens with zero attached hydrogens (tertiary/aromatic N) is 3. The van der Waals surface area contributed by atoms with Crippen LogP contribution in [0, 0.1) is 0 Å². The first-order valence-corrected chi connectivity index (χ1v) is 4.15. The molecule has 1 rings (SSSR count). The molecule has 1 aliphatic rings. The van der Waals surface area contributed by atoms with E-state index in [0.717, 1.165) is 0 Å². The summed E-state index contributed by atoms with van der Waals surface area (Å²) < 4.78 is 10.3. The Morgan fingerprint density at radius 2 is 2.46 bits per heavy atom. The molecule has 0 aromatic carbocycles. The molecule has 1 heterocycles. The average molecular weight is 187 g/mol. The molecule has 0 spiro atoms. The summed E-state index contributed by atoms with van der Waals surface area (Å²) in [6.45, 7) is 0.150. The van der Waals surface area contributed by atoms with Crippen LogP contribution in [0.3, 0.4) is 0 Å². The highest BCUT2D eigenvalue weighted by atomic mass is 16.7. The Morgan fingerprint density at radius 3 is 3.08 bits per heavy atom. The van der Waals surface area contributed by atoms with Crippen molar-refractivity contribution in [1.29, 1.82) is 0 Å². The predicted molar refractivity (Wildman–Crippen MR) is 44.9 cm³/mol. The molecular weight excluding hydrogens is 174 g/mol. The summed E-state index contributed by atoms with van der Waals surface area (Å²) in [5.41, 5.74) is 8.10. The Hall–Kier alpha value is -0.810. The highest BCUT2D eigenvalue weighted by Crippen LogP contribution is 2.20. The molecule has 0 unspecified atom stereocenters. The lowest BCUT2D eigenvalue weighted by Crippen LogP contribution is -2.41. The Morgan fingerprint density at radius 1 is 1.69 bits per heavy atom. The van der Waals surface area contributed by atoms with Gasteiger partial charge in [-0.1, -0.05) is 5.11 Å². The van der Waals surface area contributed by atoms with E-state index in [-0.39, 0.29) is 12.8 Å². The van der Waals surface area contributed by atoms with Gasteiger partial charge in [-0.15, -0.1) is 0 Å². The third kappa shape index (κ3) is 2.86. The molecule has 6 heteroatoms. The van der Waals surface area contributed by atoms with Crippen LogP contribution >= 0.6 is 0 Å². The lowest BCUT2D eigenvalue weighted by atomic mass is 10.1. The van der Waals surface area contributed by atoms with Gasteiger partial charge in [0, 0.05) is 18.4 Å². The third-order valence-electron chi connectivity index (χ3n) is 2.04. The van der Waals surface area contributed by atoms with Crippen LogP contribution in [-0.4, -0.2) is 37.3 Å². The minimum atomic E-state index is -0.558. The number of aliphatic hydroxyl groups is 1. The smallest absolute Gasteiger partial charge is 0.157 e. The number of hydrogen-bond acceptors (Lipinski definition) is 4. The van der Waals surface area contributed by atoms with Crippen molar-refractivity contribution in [2.24, 2.45) is 5.11 Å². The Labute approximate surface area is 76.1 Å². The van der Waals surface area contributed by atoms with Crippen molar-refractivity contribution in [3.63, 3.8) is 0 Å². The zero-order chi connectivity index (χ0) is 9.68. The molecule has 0 radical (unpaired) electrons.